The van der Waals surface area contributed by atoms with Gasteiger partial charge in [0.1, 0.15) is 11.6 Å². The highest BCUT2D eigenvalue weighted by atomic mass is 35.5. The van der Waals surface area contributed by atoms with E-state index in [1.54, 1.807) is 18.2 Å². The molecule has 3 unspecified atom stereocenters. The number of allylic oxidation sites excluding steroid dienone is 2. The molecule has 0 bridgehead atoms. The number of hydrogen-bond donors (Lipinski definition) is 1. The molecule has 124 valence electrons. The topological polar surface area (TPSA) is 55.4 Å². The van der Waals surface area contributed by atoms with E-state index in [9.17, 15) is 12.8 Å². The third-order valence-corrected chi connectivity index (χ3v) is 5.71. The predicted octanol–water partition coefficient (Wildman–Crippen LogP) is 2.96. The smallest absolute Gasteiger partial charge is 0.155 e. The number of sulfone groups is 1. The van der Waals surface area contributed by atoms with Crippen molar-refractivity contribution >= 4 is 21.4 Å². The molecule has 3 atom stereocenters. The second-order valence-corrected chi connectivity index (χ2v) is 8.41. The lowest BCUT2D eigenvalue weighted by Gasteiger charge is -2.32. The summed E-state index contributed by atoms with van der Waals surface area (Å²) >= 11 is 6.05. The second-order valence-electron chi connectivity index (χ2n) is 5.77. The van der Waals surface area contributed by atoms with E-state index in [2.05, 4.69) is 5.32 Å². The van der Waals surface area contributed by atoms with Crippen LogP contribution in [0.5, 0.6) is 5.75 Å². The molecule has 0 saturated carbocycles. The first-order valence-corrected chi connectivity index (χ1v) is 9.60. The molecule has 1 aromatic rings. The van der Waals surface area contributed by atoms with E-state index < -0.39 is 27.0 Å². The Labute approximate surface area is 139 Å². The Balaban J connectivity index is 1.90. The van der Waals surface area contributed by atoms with E-state index in [1.165, 1.54) is 18.2 Å². The summed E-state index contributed by atoms with van der Waals surface area (Å²) in [6.07, 6.45) is 5.70. The molecular formula is C16H17ClFNO3S. The van der Waals surface area contributed by atoms with Gasteiger partial charge in [-0.25, -0.2) is 12.8 Å². The van der Waals surface area contributed by atoms with Crippen molar-refractivity contribution < 1.29 is 17.5 Å². The molecule has 7 heteroatoms. The Bertz CT molecular complexity index is 776. The quantitative estimate of drug-likeness (QED) is 0.903. The molecule has 0 fully saturated rings. The summed E-state index contributed by atoms with van der Waals surface area (Å²) < 4.78 is 43.1. The van der Waals surface area contributed by atoms with E-state index >= 15 is 0 Å². The van der Waals surface area contributed by atoms with Gasteiger partial charge in [-0.2, -0.15) is 0 Å². The van der Waals surface area contributed by atoms with Crippen LogP contribution in [0.3, 0.4) is 0 Å². The Morgan fingerprint density at radius 3 is 2.91 bits per heavy atom. The SMILES string of the molecule is CS(=O)(=O)C1C=CC(F)=CC1NC1CCOc2ccc(Cl)cc21. The van der Waals surface area contributed by atoms with Crippen LogP contribution >= 0.6 is 11.6 Å². The van der Waals surface area contributed by atoms with Crippen molar-refractivity contribution in [3.63, 3.8) is 0 Å². The van der Waals surface area contributed by atoms with E-state index in [4.69, 9.17) is 16.3 Å². The highest BCUT2D eigenvalue weighted by Gasteiger charge is 2.33. The average molecular weight is 358 g/mol. The molecule has 23 heavy (non-hydrogen) atoms. The fraction of sp³-hybridized carbons (Fsp3) is 0.375. The van der Waals surface area contributed by atoms with Gasteiger partial charge in [0, 0.05) is 35.3 Å². The Morgan fingerprint density at radius 1 is 1.39 bits per heavy atom. The molecule has 1 heterocycles. The molecular weight excluding hydrogens is 341 g/mol. The van der Waals surface area contributed by atoms with Crippen LogP contribution in [0.25, 0.3) is 0 Å². The number of ether oxygens (including phenoxy) is 1. The number of halogens is 2. The second kappa shape index (κ2) is 6.26. The molecule has 1 aromatic carbocycles. The third-order valence-electron chi connectivity index (χ3n) is 4.04. The third kappa shape index (κ3) is 3.59. The van der Waals surface area contributed by atoms with Gasteiger partial charge in [0.15, 0.2) is 9.84 Å². The van der Waals surface area contributed by atoms with Crippen LogP contribution in [0.4, 0.5) is 4.39 Å². The van der Waals surface area contributed by atoms with Crippen molar-refractivity contribution in [2.45, 2.75) is 23.8 Å². The lowest BCUT2D eigenvalue weighted by Crippen LogP contribution is -2.45. The van der Waals surface area contributed by atoms with Gasteiger partial charge in [-0.15, -0.1) is 0 Å². The summed E-state index contributed by atoms with van der Waals surface area (Å²) in [5.41, 5.74) is 0.861. The minimum Gasteiger partial charge on any atom is -0.493 e. The number of benzene rings is 1. The van der Waals surface area contributed by atoms with E-state index in [0.717, 1.165) is 11.8 Å². The molecule has 0 spiro atoms. The van der Waals surface area contributed by atoms with Crippen LogP contribution in [0.15, 0.2) is 42.3 Å². The molecule has 1 aliphatic heterocycles. The zero-order valence-electron chi connectivity index (χ0n) is 12.5. The maximum absolute atomic E-state index is 13.6. The molecule has 0 radical (unpaired) electrons. The maximum Gasteiger partial charge on any atom is 0.155 e. The lowest BCUT2D eigenvalue weighted by molar-refractivity contribution is 0.248. The van der Waals surface area contributed by atoms with Crippen LogP contribution in [-0.2, 0) is 9.84 Å². The standard InChI is InChI=1S/C16H17ClFNO3S/c1-23(20,21)16-5-3-11(18)9-14(16)19-13-6-7-22-15-4-2-10(17)8-12(13)15/h2-5,8-9,13-14,16,19H,6-7H2,1H3. The van der Waals surface area contributed by atoms with Crippen molar-refractivity contribution in [3.05, 3.63) is 52.8 Å². The highest BCUT2D eigenvalue weighted by molar-refractivity contribution is 7.91. The van der Waals surface area contributed by atoms with Crippen LogP contribution in [0.2, 0.25) is 5.02 Å². The minimum absolute atomic E-state index is 0.151. The van der Waals surface area contributed by atoms with Crippen molar-refractivity contribution in [1.29, 1.82) is 0 Å². The number of fused-ring (bicyclic) bond motifs is 1. The molecule has 4 nitrogen and oxygen atoms in total. The van der Waals surface area contributed by atoms with Crippen LogP contribution in [-0.4, -0.2) is 32.6 Å². The number of nitrogens with one attached hydrogen (secondary N) is 1. The van der Waals surface area contributed by atoms with Gasteiger partial charge in [0.2, 0.25) is 0 Å². The fourth-order valence-electron chi connectivity index (χ4n) is 2.95. The highest BCUT2D eigenvalue weighted by Crippen LogP contribution is 2.35. The Kier molecular flexibility index (Phi) is 4.49. The zero-order valence-corrected chi connectivity index (χ0v) is 14.1. The summed E-state index contributed by atoms with van der Waals surface area (Å²) in [5, 5.41) is 3.02. The number of hydrogen-bond acceptors (Lipinski definition) is 4. The summed E-state index contributed by atoms with van der Waals surface area (Å²) in [6, 6.07) is 4.54. The summed E-state index contributed by atoms with van der Waals surface area (Å²) in [7, 11) is -3.35. The molecule has 0 saturated heterocycles. The first kappa shape index (κ1) is 16.5. The predicted molar refractivity (Wildman–Crippen MR) is 88.2 cm³/mol. The zero-order chi connectivity index (χ0) is 16.6. The molecule has 1 N–H and O–H groups in total. The number of rotatable bonds is 3. The van der Waals surface area contributed by atoms with Gasteiger partial charge in [-0.1, -0.05) is 17.7 Å². The van der Waals surface area contributed by atoms with Gasteiger partial charge in [0.05, 0.1) is 11.9 Å². The van der Waals surface area contributed by atoms with Crippen LogP contribution in [0, 0.1) is 0 Å². The molecule has 3 rings (SSSR count). The maximum atomic E-state index is 13.6. The first-order valence-electron chi connectivity index (χ1n) is 7.27. The largest absolute Gasteiger partial charge is 0.493 e. The van der Waals surface area contributed by atoms with Crippen molar-refractivity contribution in [3.8, 4) is 5.75 Å². The summed E-state index contributed by atoms with van der Waals surface area (Å²) in [6.45, 7) is 0.505. The molecule has 0 amide bonds. The van der Waals surface area contributed by atoms with Crippen LogP contribution in [0.1, 0.15) is 18.0 Å². The average Bonchev–Trinajstić information content (AvgIpc) is 2.46. The van der Waals surface area contributed by atoms with Crippen molar-refractivity contribution in [1.82, 2.24) is 5.32 Å². The van der Waals surface area contributed by atoms with E-state index in [-0.39, 0.29) is 6.04 Å². The molecule has 1 aliphatic carbocycles. The Hall–Kier alpha value is -1.37. The van der Waals surface area contributed by atoms with Gasteiger partial charge in [-0.3, -0.25) is 0 Å². The molecule has 2 aliphatic rings. The van der Waals surface area contributed by atoms with Gasteiger partial charge >= 0.3 is 0 Å². The van der Waals surface area contributed by atoms with Crippen LogP contribution < -0.4 is 10.1 Å². The first-order chi connectivity index (χ1) is 10.8. The van der Waals surface area contributed by atoms with Crippen molar-refractivity contribution in [2.24, 2.45) is 0 Å². The minimum atomic E-state index is -3.35. The summed E-state index contributed by atoms with van der Waals surface area (Å²) in [5.74, 6) is 0.269. The normalized spacial score (nSPS) is 27.1. The monoisotopic (exact) mass is 357 g/mol. The van der Waals surface area contributed by atoms with Crippen molar-refractivity contribution in [2.75, 3.05) is 12.9 Å². The van der Waals surface area contributed by atoms with Gasteiger partial charge in [0.25, 0.3) is 0 Å². The van der Waals surface area contributed by atoms with Gasteiger partial charge in [-0.05, 0) is 30.4 Å². The molecule has 0 aromatic heterocycles. The lowest BCUT2D eigenvalue weighted by atomic mass is 9.98. The van der Waals surface area contributed by atoms with E-state index in [1.807, 2.05) is 0 Å². The fourth-order valence-corrected chi connectivity index (χ4v) is 4.19. The summed E-state index contributed by atoms with van der Waals surface area (Å²) in [4.78, 5) is 0. The Morgan fingerprint density at radius 2 is 2.17 bits per heavy atom. The van der Waals surface area contributed by atoms with E-state index in [0.29, 0.717) is 23.8 Å². The van der Waals surface area contributed by atoms with Gasteiger partial charge < -0.3 is 10.1 Å².